The second-order valence-electron chi connectivity index (χ2n) is 10.0. The molecule has 1 aliphatic rings. The summed E-state index contributed by atoms with van der Waals surface area (Å²) in [6.07, 6.45) is 0.894. The number of aliphatic carboxylic acids is 1. The summed E-state index contributed by atoms with van der Waals surface area (Å²) in [6, 6.07) is 6.08. The van der Waals surface area contributed by atoms with E-state index < -0.39 is 34.8 Å². The Hall–Kier alpha value is -3.51. The van der Waals surface area contributed by atoms with Gasteiger partial charge in [0.25, 0.3) is 0 Å². The molecule has 0 saturated heterocycles. The summed E-state index contributed by atoms with van der Waals surface area (Å²) in [4.78, 5) is 27.5. The fraction of sp³-hybridized carbons (Fsp3) is 0.360. The Kier molecular flexibility index (Phi) is 5.99. The van der Waals surface area contributed by atoms with E-state index >= 15 is 0 Å². The van der Waals surface area contributed by atoms with Crippen LogP contribution in [0.25, 0.3) is 21.3 Å². The third kappa shape index (κ3) is 4.78. The standard InChI is InChI=1S/C25H24F3N5O3S/c1-23(2)12-24(36,7-5-16(23)20(34)35)21-31-11-18(37-21)15-10-30-17-4-3-13(9-14(15)17)32-22-29-8-6-19(33-22)25(26,27)28/h3-4,6,8-11,16,30,36H,5,7,12H2,1-2H3,(H,34,35)(H,29,32,33)/t16-,24+/m0/s1. The first kappa shape index (κ1) is 25.2. The van der Waals surface area contributed by atoms with Crippen LogP contribution in [0.4, 0.5) is 24.8 Å². The molecule has 4 aromatic rings. The zero-order valence-corrected chi connectivity index (χ0v) is 20.7. The van der Waals surface area contributed by atoms with Crippen LogP contribution in [0.1, 0.15) is 43.8 Å². The molecule has 12 heteroatoms. The lowest BCUT2D eigenvalue weighted by Crippen LogP contribution is -2.44. The minimum Gasteiger partial charge on any atom is -0.481 e. The van der Waals surface area contributed by atoms with Crippen LogP contribution in [0.2, 0.25) is 0 Å². The van der Waals surface area contributed by atoms with E-state index in [-0.39, 0.29) is 12.4 Å². The molecule has 0 unspecified atom stereocenters. The van der Waals surface area contributed by atoms with E-state index in [1.165, 1.54) is 11.3 Å². The number of anilines is 2. The number of hydrogen-bond donors (Lipinski definition) is 4. The fourth-order valence-electron chi connectivity index (χ4n) is 5.10. The number of aromatic amines is 1. The minimum absolute atomic E-state index is 0.173. The van der Waals surface area contributed by atoms with Crippen molar-refractivity contribution in [3.8, 4) is 10.4 Å². The number of aliphatic hydroxyl groups is 1. The van der Waals surface area contributed by atoms with Crippen molar-refractivity contribution < 1.29 is 28.2 Å². The van der Waals surface area contributed by atoms with Crippen LogP contribution in [0.15, 0.2) is 42.9 Å². The number of carbonyl (C=O) groups is 1. The number of aromatic nitrogens is 4. The zero-order chi connectivity index (χ0) is 26.6. The molecule has 194 valence electrons. The maximum Gasteiger partial charge on any atom is 0.433 e. The van der Waals surface area contributed by atoms with Gasteiger partial charge in [-0.1, -0.05) is 13.8 Å². The van der Waals surface area contributed by atoms with E-state index in [9.17, 15) is 28.2 Å². The third-order valence-corrected chi connectivity index (χ3v) is 8.11. The van der Waals surface area contributed by atoms with Crippen LogP contribution in [-0.2, 0) is 16.6 Å². The van der Waals surface area contributed by atoms with Gasteiger partial charge in [-0.15, -0.1) is 11.3 Å². The largest absolute Gasteiger partial charge is 0.481 e. The first-order chi connectivity index (χ1) is 17.4. The van der Waals surface area contributed by atoms with Crippen molar-refractivity contribution in [1.29, 1.82) is 0 Å². The maximum atomic E-state index is 13.0. The number of fused-ring (bicyclic) bond motifs is 1. The summed E-state index contributed by atoms with van der Waals surface area (Å²) in [7, 11) is 0. The van der Waals surface area contributed by atoms with Crippen molar-refractivity contribution in [3.05, 3.63) is 53.6 Å². The van der Waals surface area contributed by atoms with Crippen molar-refractivity contribution in [1.82, 2.24) is 19.9 Å². The first-order valence-corrected chi connectivity index (χ1v) is 12.4. The summed E-state index contributed by atoms with van der Waals surface area (Å²) in [5.41, 5.74) is -0.735. The molecule has 5 rings (SSSR count). The SMILES string of the molecule is CC1(C)C[C@@](O)(c2ncc(-c3c[nH]c4ccc(Nc5nccc(C(F)(F)F)n5)cc34)s2)CC[C@H]1C(=O)O. The highest BCUT2D eigenvalue weighted by Gasteiger charge is 2.49. The molecule has 1 saturated carbocycles. The number of halogens is 3. The van der Waals surface area contributed by atoms with Crippen LogP contribution in [0, 0.1) is 11.3 Å². The van der Waals surface area contributed by atoms with E-state index in [2.05, 4.69) is 25.3 Å². The average Bonchev–Trinajstić information content (AvgIpc) is 3.45. The molecule has 2 atom stereocenters. The quantitative estimate of drug-likeness (QED) is 0.251. The van der Waals surface area contributed by atoms with Gasteiger partial charge >= 0.3 is 12.1 Å². The Morgan fingerprint density at radius 2 is 2.03 bits per heavy atom. The van der Waals surface area contributed by atoms with Gasteiger partial charge in [-0.25, -0.2) is 15.0 Å². The number of nitrogens with one attached hydrogen (secondary N) is 2. The summed E-state index contributed by atoms with van der Waals surface area (Å²) >= 11 is 1.34. The zero-order valence-electron chi connectivity index (χ0n) is 19.9. The lowest BCUT2D eigenvalue weighted by Gasteiger charge is -2.44. The molecule has 1 aromatic carbocycles. The monoisotopic (exact) mass is 531 g/mol. The van der Waals surface area contributed by atoms with E-state index in [0.717, 1.165) is 33.6 Å². The molecule has 0 aliphatic heterocycles. The van der Waals surface area contributed by atoms with Crippen LogP contribution in [-0.4, -0.2) is 36.1 Å². The number of hydrogen-bond acceptors (Lipinski definition) is 7. The van der Waals surface area contributed by atoms with E-state index in [0.29, 0.717) is 23.5 Å². The van der Waals surface area contributed by atoms with Crippen LogP contribution in [0.3, 0.4) is 0 Å². The smallest absolute Gasteiger partial charge is 0.433 e. The molecule has 3 aromatic heterocycles. The summed E-state index contributed by atoms with van der Waals surface area (Å²) in [5, 5.41) is 25.1. The number of H-pyrrole nitrogens is 1. The number of carboxylic acids is 1. The Balaban J connectivity index is 1.43. The van der Waals surface area contributed by atoms with Gasteiger partial charge in [0.15, 0.2) is 0 Å². The Labute approximate surface area is 213 Å². The van der Waals surface area contributed by atoms with Gasteiger partial charge in [-0.3, -0.25) is 4.79 Å². The Bertz CT molecular complexity index is 1480. The molecule has 0 radical (unpaired) electrons. The molecule has 1 aliphatic carbocycles. The predicted octanol–water partition coefficient (Wildman–Crippen LogP) is 5.94. The Morgan fingerprint density at radius 3 is 2.73 bits per heavy atom. The molecule has 0 bridgehead atoms. The van der Waals surface area contributed by atoms with Gasteiger partial charge in [-0.05, 0) is 48.9 Å². The van der Waals surface area contributed by atoms with Gasteiger partial charge in [0.2, 0.25) is 5.95 Å². The highest BCUT2D eigenvalue weighted by molar-refractivity contribution is 7.15. The number of rotatable bonds is 5. The van der Waals surface area contributed by atoms with Crippen LogP contribution < -0.4 is 5.32 Å². The van der Waals surface area contributed by atoms with Crippen molar-refractivity contribution in [2.75, 3.05) is 5.32 Å². The Morgan fingerprint density at radius 1 is 1.24 bits per heavy atom. The number of thiazole rings is 1. The molecular formula is C25H24F3N5O3S. The summed E-state index contributed by atoms with van der Waals surface area (Å²) in [6.45, 7) is 3.71. The summed E-state index contributed by atoms with van der Waals surface area (Å²) < 4.78 is 39.0. The highest BCUT2D eigenvalue weighted by Crippen LogP contribution is 2.51. The molecular weight excluding hydrogens is 507 g/mol. The van der Waals surface area contributed by atoms with Gasteiger partial charge in [0.05, 0.1) is 10.8 Å². The second-order valence-corrected chi connectivity index (χ2v) is 11.0. The van der Waals surface area contributed by atoms with Gasteiger partial charge in [-0.2, -0.15) is 13.2 Å². The third-order valence-electron chi connectivity index (χ3n) is 6.89. The van der Waals surface area contributed by atoms with Crippen molar-refractivity contribution in [3.63, 3.8) is 0 Å². The van der Waals surface area contributed by atoms with Gasteiger partial charge in [0.1, 0.15) is 16.3 Å². The molecule has 0 spiro atoms. The van der Waals surface area contributed by atoms with Crippen molar-refractivity contribution in [2.24, 2.45) is 11.3 Å². The molecule has 1 fully saturated rings. The van der Waals surface area contributed by atoms with E-state index in [4.69, 9.17) is 0 Å². The minimum atomic E-state index is -4.58. The number of alkyl halides is 3. The van der Waals surface area contributed by atoms with Gasteiger partial charge < -0.3 is 20.5 Å². The topological polar surface area (TPSA) is 124 Å². The number of benzene rings is 1. The fourth-order valence-corrected chi connectivity index (χ4v) is 6.16. The van der Waals surface area contributed by atoms with E-state index in [1.807, 2.05) is 20.0 Å². The molecule has 4 N–H and O–H groups in total. The second kappa shape index (κ2) is 8.80. The van der Waals surface area contributed by atoms with Crippen LogP contribution >= 0.6 is 11.3 Å². The molecule has 0 amide bonds. The molecule has 3 heterocycles. The summed E-state index contributed by atoms with van der Waals surface area (Å²) in [5.74, 6) is -1.56. The van der Waals surface area contributed by atoms with Crippen molar-refractivity contribution in [2.45, 2.75) is 44.9 Å². The number of carboxylic acid groups (broad SMARTS) is 1. The van der Waals surface area contributed by atoms with E-state index in [1.54, 1.807) is 24.4 Å². The first-order valence-electron chi connectivity index (χ1n) is 11.6. The normalized spacial score (nSPS) is 21.7. The predicted molar refractivity (Wildman–Crippen MR) is 132 cm³/mol. The highest BCUT2D eigenvalue weighted by atomic mass is 32.1. The maximum absolute atomic E-state index is 13.0. The molecule has 8 nitrogen and oxygen atoms in total. The lowest BCUT2D eigenvalue weighted by molar-refractivity contribution is -0.154. The van der Waals surface area contributed by atoms with Crippen LogP contribution in [0.5, 0.6) is 0 Å². The van der Waals surface area contributed by atoms with Crippen molar-refractivity contribution >= 4 is 39.8 Å². The van der Waals surface area contributed by atoms with Gasteiger partial charge in [0, 0.05) is 40.7 Å². The molecule has 37 heavy (non-hydrogen) atoms. The lowest BCUT2D eigenvalue weighted by atomic mass is 9.63. The number of nitrogens with zero attached hydrogens (tertiary/aromatic N) is 3. The average molecular weight is 532 g/mol.